The van der Waals surface area contributed by atoms with Crippen LogP contribution in [0.15, 0.2) is 18.2 Å². The van der Waals surface area contributed by atoms with Crippen LogP contribution in [0.5, 0.6) is 0 Å². The van der Waals surface area contributed by atoms with E-state index in [0.29, 0.717) is 6.61 Å². The monoisotopic (exact) mass is 307 g/mol. The Hall–Kier alpha value is -1.91. The number of pyridine rings is 1. The van der Waals surface area contributed by atoms with Crippen LogP contribution in [0, 0.1) is 0 Å². The first-order chi connectivity index (χ1) is 10.5. The molecule has 1 heterocycles. The number of ether oxygens (including phenoxy) is 2. The first-order valence-corrected chi connectivity index (χ1v) is 7.89. The highest BCUT2D eigenvalue weighted by Crippen LogP contribution is 2.07. The van der Waals surface area contributed by atoms with Crippen molar-refractivity contribution in [2.24, 2.45) is 0 Å². The standard InChI is InChI=1S/C17H25NO4/c1-4-5-6-7-8-12-21-16(19)14-10-9-11-15(18-14)17(20)22-13(2)3/h9-11,13H,4-8,12H2,1-3H3. The number of aromatic nitrogens is 1. The molecule has 5 heteroatoms. The molecule has 1 aromatic rings. The van der Waals surface area contributed by atoms with Crippen LogP contribution in [0.3, 0.4) is 0 Å². The van der Waals surface area contributed by atoms with E-state index in [1.807, 2.05) is 0 Å². The molecule has 0 aliphatic rings. The Morgan fingerprint density at radius 2 is 1.68 bits per heavy atom. The molecule has 0 bridgehead atoms. The van der Waals surface area contributed by atoms with E-state index in [2.05, 4.69) is 11.9 Å². The summed E-state index contributed by atoms with van der Waals surface area (Å²) in [7, 11) is 0. The third-order valence-electron chi connectivity index (χ3n) is 2.99. The molecule has 0 aliphatic carbocycles. The van der Waals surface area contributed by atoms with E-state index in [0.717, 1.165) is 19.3 Å². The van der Waals surface area contributed by atoms with Crippen molar-refractivity contribution in [1.29, 1.82) is 0 Å². The van der Waals surface area contributed by atoms with E-state index in [1.54, 1.807) is 19.9 Å². The molecule has 0 spiro atoms. The van der Waals surface area contributed by atoms with Crippen LogP contribution in [-0.2, 0) is 9.47 Å². The zero-order valence-corrected chi connectivity index (χ0v) is 13.6. The molecule has 22 heavy (non-hydrogen) atoms. The molecule has 0 radical (unpaired) electrons. The lowest BCUT2D eigenvalue weighted by atomic mass is 10.2. The van der Waals surface area contributed by atoms with Crippen LogP contribution >= 0.6 is 0 Å². The molecular formula is C17H25NO4. The largest absolute Gasteiger partial charge is 0.461 e. The van der Waals surface area contributed by atoms with E-state index in [4.69, 9.17) is 9.47 Å². The molecule has 0 amide bonds. The predicted octanol–water partition coefficient (Wildman–Crippen LogP) is 3.77. The molecule has 5 nitrogen and oxygen atoms in total. The van der Waals surface area contributed by atoms with Crippen molar-refractivity contribution >= 4 is 11.9 Å². The number of rotatable bonds is 9. The van der Waals surface area contributed by atoms with Gasteiger partial charge in [-0.3, -0.25) is 0 Å². The molecule has 0 aliphatic heterocycles. The van der Waals surface area contributed by atoms with Crippen LogP contribution in [0.25, 0.3) is 0 Å². The van der Waals surface area contributed by atoms with Crippen LogP contribution in [0.2, 0.25) is 0 Å². The van der Waals surface area contributed by atoms with Crippen LogP contribution in [0.1, 0.15) is 73.9 Å². The second-order valence-electron chi connectivity index (χ2n) is 5.41. The highest BCUT2D eigenvalue weighted by molar-refractivity contribution is 5.91. The Balaban J connectivity index is 2.47. The van der Waals surface area contributed by atoms with Gasteiger partial charge in [0.15, 0.2) is 0 Å². The summed E-state index contributed by atoms with van der Waals surface area (Å²) >= 11 is 0. The topological polar surface area (TPSA) is 65.5 Å². The van der Waals surface area contributed by atoms with E-state index in [1.165, 1.54) is 25.0 Å². The Kier molecular flexibility index (Phi) is 8.18. The number of carbonyl (C=O) groups excluding carboxylic acids is 2. The summed E-state index contributed by atoms with van der Waals surface area (Å²) in [5.74, 6) is -1.04. The lowest BCUT2D eigenvalue weighted by molar-refractivity contribution is 0.0370. The molecular weight excluding hydrogens is 282 g/mol. The molecule has 0 aromatic carbocycles. The highest BCUT2D eigenvalue weighted by atomic mass is 16.5. The van der Waals surface area contributed by atoms with Gasteiger partial charge in [0, 0.05) is 0 Å². The van der Waals surface area contributed by atoms with Gasteiger partial charge < -0.3 is 9.47 Å². The zero-order chi connectivity index (χ0) is 16.4. The summed E-state index contributed by atoms with van der Waals surface area (Å²) in [5.41, 5.74) is 0.248. The van der Waals surface area contributed by atoms with Gasteiger partial charge in [-0.1, -0.05) is 38.7 Å². The summed E-state index contributed by atoms with van der Waals surface area (Å²) in [6, 6.07) is 4.65. The van der Waals surface area contributed by atoms with E-state index < -0.39 is 11.9 Å². The summed E-state index contributed by atoms with van der Waals surface area (Å²) in [5, 5.41) is 0. The first-order valence-electron chi connectivity index (χ1n) is 7.89. The molecule has 0 saturated heterocycles. The number of carbonyl (C=O) groups is 2. The molecule has 1 rings (SSSR count). The molecule has 0 saturated carbocycles. The number of unbranched alkanes of at least 4 members (excludes halogenated alkanes) is 4. The van der Waals surface area contributed by atoms with Crippen molar-refractivity contribution in [1.82, 2.24) is 4.98 Å². The van der Waals surface area contributed by atoms with Gasteiger partial charge in [-0.25, -0.2) is 14.6 Å². The first kappa shape index (κ1) is 18.1. The Morgan fingerprint density at radius 3 is 2.32 bits per heavy atom. The average Bonchev–Trinajstić information content (AvgIpc) is 2.50. The number of hydrogen-bond acceptors (Lipinski definition) is 5. The van der Waals surface area contributed by atoms with Gasteiger partial charge in [0.1, 0.15) is 11.4 Å². The van der Waals surface area contributed by atoms with Crippen molar-refractivity contribution < 1.29 is 19.1 Å². The van der Waals surface area contributed by atoms with Gasteiger partial charge in [-0.2, -0.15) is 0 Å². The second-order valence-corrected chi connectivity index (χ2v) is 5.41. The minimum atomic E-state index is -0.538. The molecule has 122 valence electrons. The summed E-state index contributed by atoms with van der Waals surface area (Å²) in [6.45, 7) is 6.05. The SMILES string of the molecule is CCCCCCCOC(=O)c1cccc(C(=O)OC(C)C)n1. The van der Waals surface area contributed by atoms with Gasteiger partial charge in [0.25, 0.3) is 0 Å². The van der Waals surface area contributed by atoms with E-state index in [9.17, 15) is 9.59 Å². The smallest absolute Gasteiger partial charge is 0.357 e. The van der Waals surface area contributed by atoms with Crippen molar-refractivity contribution in [3.63, 3.8) is 0 Å². The van der Waals surface area contributed by atoms with Crippen LogP contribution in [0.4, 0.5) is 0 Å². The van der Waals surface area contributed by atoms with Gasteiger partial charge >= 0.3 is 11.9 Å². The Labute approximate surface area is 132 Å². The number of hydrogen-bond donors (Lipinski definition) is 0. The van der Waals surface area contributed by atoms with Crippen molar-refractivity contribution in [2.75, 3.05) is 6.61 Å². The minimum Gasteiger partial charge on any atom is -0.461 e. The molecule has 0 atom stereocenters. The molecule has 0 N–H and O–H groups in total. The Bertz CT molecular complexity index is 485. The molecule has 0 unspecified atom stereocenters. The average molecular weight is 307 g/mol. The van der Waals surface area contributed by atoms with Gasteiger partial charge in [-0.15, -0.1) is 0 Å². The van der Waals surface area contributed by atoms with Gasteiger partial charge in [-0.05, 0) is 32.4 Å². The fourth-order valence-electron chi connectivity index (χ4n) is 1.88. The maximum absolute atomic E-state index is 11.9. The van der Waals surface area contributed by atoms with Crippen LogP contribution in [-0.4, -0.2) is 29.6 Å². The van der Waals surface area contributed by atoms with Gasteiger partial charge in [0.2, 0.25) is 0 Å². The predicted molar refractivity (Wildman–Crippen MR) is 83.8 cm³/mol. The summed E-state index contributed by atoms with van der Waals surface area (Å²) in [4.78, 5) is 27.7. The number of nitrogens with zero attached hydrogens (tertiary/aromatic N) is 1. The van der Waals surface area contributed by atoms with Crippen molar-refractivity contribution in [3.05, 3.63) is 29.6 Å². The third-order valence-corrected chi connectivity index (χ3v) is 2.99. The maximum atomic E-state index is 11.9. The quantitative estimate of drug-likeness (QED) is 0.513. The van der Waals surface area contributed by atoms with E-state index in [-0.39, 0.29) is 17.5 Å². The van der Waals surface area contributed by atoms with Crippen molar-refractivity contribution in [2.45, 2.75) is 59.0 Å². The fourth-order valence-corrected chi connectivity index (χ4v) is 1.88. The van der Waals surface area contributed by atoms with Gasteiger partial charge in [0.05, 0.1) is 12.7 Å². The van der Waals surface area contributed by atoms with E-state index >= 15 is 0 Å². The minimum absolute atomic E-state index is 0.117. The normalized spacial score (nSPS) is 10.5. The third kappa shape index (κ3) is 6.70. The zero-order valence-electron chi connectivity index (χ0n) is 13.6. The fraction of sp³-hybridized carbons (Fsp3) is 0.588. The number of esters is 2. The van der Waals surface area contributed by atoms with Crippen molar-refractivity contribution in [3.8, 4) is 0 Å². The summed E-state index contributed by atoms with van der Waals surface area (Å²) in [6.07, 6.45) is 5.21. The Morgan fingerprint density at radius 1 is 1.05 bits per heavy atom. The second kappa shape index (κ2) is 9.92. The van der Waals surface area contributed by atoms with Crippen LogP contribution < -0.4 is 0 Å². The summed E-state index contributed by atoms with van der Waals surface area (Å²) < 4.78 is 10.2. The molecule has 1 aromatic heterocycles. The molecule has 0 fully saturated rings. The lowest BCUT2D eigenvalue weighted by Crippen LogP contribution is -2.15. The highest BCUT2D eigenvalue weighted by Gasteiger charge is 2.15. The lowest BCUT2D eigenvalue weighted by Gasteiger charge is -2.08. The maximum Gasteiger partial charge on any atom is 0.357 e.